The zero-order valence-corrected chi connectivity index (χ0v) is 13.7. The third kappa shape index (κ3) is 17.1. The lowest BCUT2D eigenvalue weighted by Gasteiger charge is -2.05. The second-order valence-corrected chi connectivity index (χ2v) is 5.90. The molecule has 3 nitrogen and oxygen atoms in total. The van der Waals surface area contributed by atoms with E-state index in [1.807, 2.05) is 6.08 Å². The van der Waals surface area contributed by atoms with Gasteiger partial charge in [0, 0.05) is 6.42 Å². The van der Waals surface area contributed by atoms with Crippen molar-refractivity contribution in [1.82, 2.24) is 0 Å². The molecular weight excluding hydrogens is 264 g/mol. The monoisotopic (exact) mass is 298 g/mol. The fourth-order valence-electron chi connectivity index (χ4n) is 2.38. The smallest absolute Gasteiger partial charge is 0.303 e. The topological polar surface area (TPSA) is 57.5 Å². The van der Waals surface area contributed by atoms with Gasteiger partial charge in [-0.15, -0.1) is 0 Å². The molecule has 21 heavy (non-hydrogen) atoms. The van der Waals surface area contributed by atoms with E-state index < -0.39 is 5.97 Å². The lowest BCUT2D eigenvalue weighted by Crippen LogP contribution is -2.01. The summed E-state index contributed by atoms with van der Waals surface area (Å²) in [6.07, 6.45) is 17.3. The average molecular weight is 298 g/mol. The van der Waals surface area contributed by atoms with Crippen molar-refractivity contribution in [3.8, 4) is 0 Å². The summed E-state index contributed by atoms with van der Waals surface area (Å²) in [7, 11) is 0. The molecule has 0 aromatic heterocycles. The van der Waals surface area contributed by atoms with Gasteiger partial charge in [-0.2, -0.15) is 0 Å². The van der Waals surface area contributed by atoms with Gasteiger partial charge in [0.1, 0.15) is 0 Å². The first-order valence-corrected chi connectivity index (χ1v) is 8.73. The molecule has 3 heteroatoms. The zero-order chi connectivity index (χ0) is 15.8. The maximum Gasteiger partial charge on any atom is 0.303 e. The molecule has 0 fully saturated rings. The van der Waals surface area contributed by atoms with Gasteiger partial charge in [-0.05, 0) is 25.7 Å². The van der Waals surface area contributed by atoms with E-state index in [0.717, 1.165) is 44.9 Å². The number of carboxylic acid groups (broad SMARTS) is 1. The second-order valence-electron chi connectivity index (χ2n) is 5.90. The molecule has 0 aromatic rings. The van der Waals surface area contributed by atoms with Crippen LogP contribution in [0.4, 0.5) is 0 Å². The summed E-state index contributed by atoms with van der Waals surface area (Å²) in [5.74, 6) is -0.701. The Morgan fingerprint density at radius 1 is 0.952 bits per heavy atom. The predicted molar refractivity (Wildman–Crippen MR) is 88.5 cm³/mol. The number of aliphatic hydroxyl groups excluding tert-OH is 1. The summed E-state index contributed by atoms with van der Waals surface area (Å²) in [5, 5.41) is 18.3. The molecular formula is C18H34O3. The second kappa shape index (κ2) is 15.6. The normalized spacial score (nSPS) is 12.9. The third-order valence-electron chi connectivity index (χ3n) is 3.72. The van der Waals surface area contributed by atoms with Crippen LogP contribution in [0.25, 0.3) is 0 Å². The Hall–Kier alpha value is -0.830. The molecule has 0 saturated heterocycles. The Labute approximate surface area is 130 Å². The van der Waals surface area contributed by atoms with Crippen molar-refractivity contribution in [3.63, 3.8) is 0 Å². The van der Waals surface area contributed by atoms with Gasteiger partial charge >= 0.3 is 5.97 Å². The van der Waals surface area contributed by atoms with Crippen molar-refractivity contribution in [3.05, 3.63) is 12.2 Å². The number of hydrogen-bond donors (Lipinski definition) is 2. The fraction of sp³-hybridized carbons (Fsp3) is 0.833. The Morgan fingerprint density at radius 2 is 1.57 bits per heavy atom. The van der Waals surface area contributed by atoms with Crippen LogP contribution in [0, 0.1) is 0 Å². The standard InChI is InChI=1S/C18H34O3/c1-2-3-4-5-8-11-14-17(19)15-12-9-6-7-10-13-16-18(20)21/h12,15,17,19H,2-11,13-14,16H2,1H3,(H,20,21)/t17-/m1/s1. The Balaban J connectivity index is 3.29. The van der Waals surface area contributed by atoms with Crippen LogP contribution in [0.1, 0.15) is 90.4 Å². The number of aliphatic carboxylic acids is 1. The van der Waals surface area contributed by atoms with E-state index in [2.05, 4.69) is 13.0 Å². The highest BCUT2D eigenvalue weighted by molar-refractivity contribution is 5.66. The molecule has 0 bridgehead atoms. The van der Waals surface area contributed by atoms with Crippen molar-refractivity contribution in [1.29, 1.82) is 0 Å². The van der Waals surface area contributed by atoms with Gasteiger partial charge in [0.15, 0.2) is 0 Å². The number of carbonyl (C=O) groups is 1. The van der Waals surface area contributed by atoms with Crippen molar-refractivity contribution >= 4 is 5.97 Å². The molecule has 0 aliphatic carbocycles. The van der Waals surface area contributed by atoms with Crippen molar-refractivity contribution in [2.75, 3.05) is 0 Å². The Bertz CT molecular complexity index is 261. The highest BCUT2D eigenvalue weighted by Gasteiger charge is 1.99. The number of carboxylic acids is 1. The van der Waals surface area contributed by atoms with Gasteiger partial charge in [0.25, 0.3) is 0 Å². The molecule has 124 valence electrons. The Morgan fingerprint density at radius 3 is 2.29 bits per heavy atom. The number of aliphatic hydroxyl groups is 1. The van der Waals surface area contributed by atoms with Gasteiger partial charge in [-0.25, -0.2) is 0 Å². The minimum atomic E-state index is -0.701. The van der Waals surface area contributed by atoms with E-state index in [1.54, 1.807) is 0 Å². The number of unbranched alkanes of at least 4 members (excludes halogenated alkanes) is 9. The molecule has 0 heterocycles. The van der Waals surface area contributed by atoms with Gasteiger partial charge in [0.2, 0.25) is 0 Å². The van der Waals surface area contributed by atoms with Crippen LogP contribution in [0.5, 0.6) is 0 Å². The van der Waals surface area contributed by atoms with E-state index >= 15 is 0 Å². The van der Waals surface area contributed by atoms with Crippen molar-refractivity contribution in [2.45, 2.75) is 96.5 Å². The summed E-state index contributed by atoms with van der Waals surface area (Å²) in [6, 6.07) is 0. The van der Waals surface area contributed by atoms with Crippen LogP contribution >= 0.6 is 0 Å². The molecule has 1 atom stereocenters. The van der Waals surface area contributed by atoms with Gasteiger partial charge in [0.05, 0.1) is 6.10 Å². The minimum absolute atomic E-state index is 0.285. The molecule has 0 radical (unpaired) electrons. The number of hydrogen-bond acceptors (Lipinski definition) is 2. The van der Waals surface area contributed by atoms with Crippen molar-refractivity contribution in [2.24, 2.45) is 0 Å². The molecule has 0 aliphatic rings. The molecule has 0 saturated carbocycles. The Kier molecular flexibility index (Phi) is 14.9. The highest BCUT2D eigenvalue weighted by Crippen LogP contribution is 2.10. The molecule has 0 spiro atoms. The van der Waals surface area contributed by atoms with Gasteiger partial charge in [-0.1, -0.05) is 70.4 Å². The first-order valence-electron chi connectivity index (χ1n) is 8.73. The third-order valence-corrected chi connectivity index (χ3v) is 3.72. The molecule has 0 unspecified atom stereocenters. The first kappa shape index (κ1) is 20.2. The molecule has 0 aliphatic heterocycles. The summed E-state index contributed by atoms with van der Waals surface area (Å²) >= 11 is 0. The predicted octanol–water partition coefficient (Wildman–Crippen LogP) is 5.08. The largest absolute Gasteiger partial charge is 0.481 e. The average Bonchev–Trinajstić information content (AvgIpc) is 2.45. The van der Waals surface area contributed by atoms with Gasteiger partial charge < -0.3 is 10.2 Å². The maximum atomic E-state index is 10.3. The first-order chi connectivity index (χ1) is 10.2. The molecule has 0 rings (SSSR count). The van der Waals surface area contributed by atoms with E-state index in [0.29, 0.717) is 0 Å². The van der Waals surface area contributed by atoms with Crippen LogP contribution in [-0.2, 0) is 4.79 Å². The van der Waals surface area contributed by atoms with E-state index in [4.69, 9.17) is 5.11 Å². The van der Waals surface area contributed by atoms with Crippen LogP contribution in [0.15, 0.2) is 12.2 Å². The number of allylic oxidation sites excluding steroid dienone is 1. The van der Waals surface area contributed by atoms with E-state index in [1.165, 1.54) is 32.1 Å². The van der Waals surface area contributed by atoms with Gasteiger partial charge in [-0.3, -0.25) is 4.79 Å². The highest BCUT2D eigenvalue weighted by atomic mass is 16.4. The summed E-state index contributed by atoms with van der Waals surface area (Å²) in [4.78, 5) is 10.3. The lowest BCUT2D eigenvalue weighted by molar-refractivity contribution is -0.137. The molecule has 2 N–H and O–H groups in total. The minimum Gasteiger partial charge on any atom is -0.481 e. The van der Waals surface area contributed by atoms with E-state index in [-0.39, 0.29) is 12.5 Å². The number of rotatable bonds is 15. The zero-order valence-electron chi connectivity index (χ0n) is 13.7. The molecule has 0 amide bonds. The summed E-state index contributed by atoms with van der Waals surface area (Å²) in [5.41, 5.74) is 0. The van der Waals surface area contributed by atoms with Crippen LogP contribution in [0.3, 0.4) is 0 Å². The van der Waals surface area contributed by atoms with E-state index in [9.17, 15) is 9.90 Å². The van der Waals surface area contributed by atoms with Crippen LogP contribution in [0.2, 0.25) is 0 Å². The summed E-state index contributed by atoms with van der Waals surface area (Å²) < 4.78 is 0. The fourth-order valence-corrected chi connectivity index (χ4v) is 2.38. The molecule has 0 aromatic carbocycles. The van der Waals surface area contributed by atoms with Crippen LogP contribution in [-0.4, -0.2) is 22.3 Å². The van der Waals surface area contributed by atoms with Crippen LogP contribution < -0.4 is 0 Å². The lowest BCUT2D eigenvalue weighted by atomic mass is 10.1. The quantitative estimate of drug-likeness (QED) is 0.327. The summed E-state index contributed by atoms with van der Waals surface area (Å²) in [6.45, 7) is 2.22. The maximum absolute atomic E-state index is 10.3. The van der Waals surface area contributed by atoms with Crippen molar-refractivity contribution < 1.29 is 15.0 Å². The SMILES string of the molecule is CCCCCCCC[C@@H](O)C=CCCCCCCC(=O)O.